The van der Waals surface area contributed by atoms with E-state index in [2.05, 4.69) is 43.0 Å². The Morgan fingerprint density at radius 1 is 1.00 bits per heavy atom. The lowest BCUT2D eigenvalue weighted by Gasteiger charge is -2.20. The molecule has 0 aliphatic heterocycles. The number of rotatable bonds is 8. The number of aromatic hydroxyl groups is 1. The van der Waals surface area contributed by atoms with E-state index < -0.39 is 0 Å². The smallest absolute Gasteiger partial charge is 0.124 e. The molecule has 0 radical (unpaired) electrons. The number of benzene rings is 2. The lowest BCUT2D eigenvalue weighted by atomic mass is 10.1. The van der Waals surface area contributed by atoms with E-state index in [1.807, 2.05) is 18.2 Å². The summed E-state index contributed by atoms with van der Waals surface area (Å²) in [7, 11) is 0. The SMILES string of the molecule is CCN(CC)Cc1cc(Cl)cc(CSCc2ccccc2)c1O. The van der Waals surface area contributed by atoms with Crippen molar-refractivity contribution in [2.24, 2.45) is 0 Å². The molecule has 0 saturated carbocycles. The monoisotopic (exact) mass is 349 g/mol. The van der Waals surface area contributed by atoms with Gasteiger partial charge in [-0.15, -0.1) is 0 Å². The maximum absolute atomic E-state index is 10.6. The van der Waals surface area contributed by atoms with Crippen molar-refractivity contribution in [3.8, 4) is 5.75 Å². The number of phenolic OH excluding ortho intramolecular Hbond substituents is 1. The minimum Gasteiger partial charge on any atom is -0.507 e. The van der Waals surface area contributed by atoms with Crippen LogP contribution in [0.1, 0.15) is 30.5 Å². The molecular formula is C19H24ClNOS. The standard InChI is InChI=1S/C19H24ClNOS/c1-3-21(4-2)12-16-10-18(20)11-17(19(16)22)14-23-13-15-8-6-5-7-9-15/h5-11,22H,3-4,12-14H2,1-2H3. The van der Waals surface area contributed by atoms with Crippen molar-refractivity contribution >= 4 is 23.4 Å². The van der Waals surface area contributed by atoms with Gasteiger partial charge in [0.25, 0.3) is 0 Å². The van der Waals surface area contributed by atoms with Gasteiger partial charge < -0.3 is 5.11 Å². The summed E-state index contributed by atoms with van der Waals surface area (Å²) in [5.41, 5.74) is 3.12. The van der Waals surface area contributed by atoms with Crippen LogP contribution in [0.5, 0.6) is 5.75 Å². The molecule has 0 bridgehead atoms. The molecule has 0 fully saturated rings. The molecule has 0 unspecified atom stereocenters. The van der Waals surface area contributed by atoms with E-state index in [4.69, 9.17) is 11.6 Å². The molecule has 0 aliphatic carbocycles. The molecule has 4 heteroatoms. The van der Waals surface area contributed by atoms with Gasteiger partial charge >= 0.3 is 0 Å². The van der Waals surface area contributed by atoms with Crippen LogP contribution in [-0.2, 0) is 18.1 Å². The number of halogens is 1. The van der Waals surface area contributed by atoms with Gasteiger partial charge in [0.1, 0.15) is 5.75 Å². The van der Waals surface area contributed by atoms with E-state index in [1.165, 1.54) is 5.56 Å². The second-order valence-corrected chi connectivity index (χ2v) is 6.93. The number of nitrogens with zero attached hydrogens (tertiary/aromatic N) is 1. The van der Waals surface area contributed by atoms with Crippen LogP contribution in [0.2, 0.25) is 5.02 Å². The van der Waals surface area contributed by atoms with Crippen molar-refractivity contribution < 1.29 is 5.11 Å². The predicted molar refractivity (Wildman–Crippen MR) is 101 cm³/mol. The molecule has 2 nitrogen and oxygen atoms in total. The Bertz CT molecular complexity index is 614. The molecule has 0 aromatic heterocycles. The van der Waals surface area contributed by atoms with Gasteiger partial charge in [-0.05, 0) is 30.8 Å². The zero-order chi connectivity index (χ0) is 16.7. The number of thioether (sulfide) groups is 1. The molecule has 0 aliphatic rings. The Balaban J connectivity index is 2.05. The molecule has 2 aromatic carbocycles. The highest BCUT2D eigenvalue weighted by Gasteiger charge is 2.12. The first kappa shape index (κ1) is 18.2. The zero-order valence-corrected chi connectivity index (χ0v) is 15.3. The van der Waals surface area contributed by atoms with Crippen LogP contribution in [-0.4, -0.2) is 23.1 Å². The maximum atomic E-state index is 10.6. The van der Waals surface area contributed by atoms with Crippen LogP contribution in [0.25, 0.3) is 0 Å². The molecule has 0 amide bonds. The van der Waals surface area contributed by atoms with E-state index >= 15 is 0 Å². The summed E-state index contributed by atoms with van der Waals surface area (Å²) < 4.78 is 0. The molecule has 0 heterocycles. The van der Waals surface area contributed by atoms with Crippen molar-refractivity contribution in [1.29, 1.82) is 0 Å². The van der Waals surface area contributed by atoms with Crippen LogP contribution >= 0.6 is 23.4 Å². The Morgan fingerprint density at radius 2 is 1.65 bits per heavy atom. The number of phenols is 1. The fourth-order valence-electron chi connectivity index (χ4n) is 2.49. The number of hydrogen-bond donors (Lipinski definition) is 1. The second-order valence-electron chi connectivity index (χ2n) is 5.51. The lowest BCUT2D eigenvalue weighted by Crippen LogP contribution is -2.22. The predicted octanol–water partition coefficient (Wildman–Crippen LogP) is 5.32. The largest absolute Gasteiger partial charge is 0.507 e. The second kappa shape index (κ2) is 9.21. The van der Waals surface area contributed by atoms with Gasteiger partial charge in [0.15, 0.2) is 0 Å². The topological polar surface area (TPSA) is 23.5 Å². The van der Waals surface area contributed by atoms with Gasteiger partial charge in [-0.25, -0.2) is 0 Å². The van der Waals surface area contributed by atoms with E-state index in [9.17, 15) is 5.11 Å². The third-order valence-electron chi connectivity index (χ3n) is 3.89. The fourth-order valence-corrected chi connectivity index (χ4v) is 3.72. The summed E-state index contributed by atoms with van der Waals surface area (Å²) >= 11 is 8.04. The van der Waals surface area contributed by atoms with E-state index in [0.29, 0.717) is 10.8 Å². The molecule has 2 aromatic rings. The van der Waals surface area contributed by atoms with E-state index in [1.54, 1.807) is 11.8 Å². The first-order chi connectivity index (χ1) is 11.1. The Morgan fingerprint density at radius 3 is 2.30 bits per heavy atom. The molecule has 2 rings (SSSR count). The first-order valence-corrected chi connectivity index (χ1v) is 9.51. The minimum absolute atomic E-state index is 0.391. The third kappa shape index (κ3) is 5.45. The summed E-state index contributed by atoms with van der Waals surface area (Å²) in [6.45, 7) is 6.90. The van der Waals surface area contributed by atoms with Gasteiger partial charge in [-0.3, -0.25) is 4.90 Å². The van der Waals surface area contributed by atoms with E-state index in [-0.39, 0.29) is 0 Å². The Hall–Kier alpha value is -1.16. The van der Waals surface area contributed by atoms with Gasteiger partial charge in [0, 0.05) is 34.2 Å². The van der Waals surface area contributed by atoms with Gasteiger partial charge in [-0.2, -0.15) is 11.8 Å². The van der Waals surface area contributed by atoms with Crippen LogP contribution < -0.4 is 0 Å². The molecule has 0 saturated heterocycles. The molecule has 1 N–H and O–H groups in total. The van der Waals surface area contributed by atoms with Gasteiger partial charge in [0.2, 0.25) is 0 Å². The summed E-state index contributed by atoms with van der Waals surface area (Å²) in [6.07, 6.45) is 0. The highest BCUT2D eigenvalue weighted by molar-refractivity contribution is 7.97. The molecular weight excluding hydrogens is 326 g/mol. The molecule has 0 atom stereocenters. The van der Waals surface area contributed by atoms with Gasteiger partial charge in [0.05, 0.1) is 0 Å². The Labute approximate surface area is 148 Å². The number of hydrogen-bond acceptors (Lipinski definition) is 3. The fraction of sp³-hybridized carbons (Fsp3) is 0.368. The first-order valence-electron chi connectivity index (χ1n) is 7.98. The highest BCUT2D eigenvalue weighted by Crippen LogP contribution is 2.31. The average molecular weight is 350 g/mol. The van der Waals surface area contributed by atoms with Crippen LogP contribution in [0.4, 0.5) is 0 Å². The quantitative estimate of drug-likeness (QED) is 0.697. The van der Waals surface area contributed by atoms with Crippen LogP contribution in [0.3, 0.4) is 0 Å². The zero-order valence-electron chi connectivity index (χ0n) is 13.8. The highest BCUT2D eigenvalue weighted by atomic mass is 35.5. The normalized spacial score (nSPS) is 11.1. The third-order valence-corrected chi connectivity index (χ3v) is 5.16. The molecule has 0 spiro atoms. The van der Waals surface area contributed by atoms with E-state index in [0.717, 1.165) is 42.3 Å². The Kier molecular flexibility index (Phi) is 7.28. The lowest BCUT2D eigenvalue weighted by molar-refractivity contribution is 0.290. The molecule has 124 valence electrons. The summed E-state index contributed by atoms with van der Waals surface area (Å²) in [5, 5.41) is 11.2. The van der Waals surface area contributed by atoms with Crippen LogP contribution in [0.15, 0.2) is 42.5 Å². The van der Waals surface area contributed by atoms with Crippen molar-refractivity contribution in [2.75, 3.05) is 13.1 Å². The molecule has 23 heavy (non-hydrogen) atoms. The summed E-state index contributed by atoms with van der Waals surface area (Å²) in [4.78, 5) is 2.27. The van der Waals surface area contributed by atoms with Crippen molar-refractivity contribution in [2.45, 2.75) is 31.9 Å². The average Bonchev–Trinajstić information content (AvgIpc) is 2.57. The van der Waals surface area contributed by atoms with Crippen LogP contribution in [0, 0.1) is 0 Å². The van der Waals surface area contributed by atoms with Crippen molar-refractivity contribution in [3.05, 3.63) is 64.2 Å². The summed E-state index contributed by atoms with van der Waals surface area (Å²) in [5.74, 6) is 2.08. The van der Waals surface area contributed by atoms with Crippen molar-refractivity contribution in [3.63, 3.8) is 0 Å². The van der Waals surface area contributed by atoms with Crippen molar-refractivity contribution in [1.82, 2.24) is 4.90 Å². The minimum atomic E-state index is 0.391. The van der Waals surface area contributed by atoms with Gasteiger partial charge in [-0.1, -0.05) is 55.8 Å². The maximum Gasteiger partial charge on any atom is 0.124 e. The summed E-state index contributed by atoms with van der Waals surface area (Å²) in [6, 6.07) is 14.1.